The maximum Gasteiger partial charge on any atom is 0.156 e. The summed E-state index contributed by atoms with van der Waals surface area (Å²) in [6.07, 6.45) is 0. The molecule has 0 atom stereocenters. The number of rotatable bonds is 0. The number of anilines is 2. The zero-order valence-electron chi connectivity index (χ0n) is 10.1. The van der Waals surface area contributed by atoms with Gasteiger partial charge in [0.1, 0.15) is 0 Å². The zero-order valence-corrected chi connectivity index (χ0v) is 10.1. The average molecular weight is 250 g/mol. The first-order valence-corrected chi connectivity index (χ1v) is 6.08. The minimum atomic E-state index is -0.428. The van der Waals surface area contributed by atoms with Crippen LogP contribution in [0.4, 0.5) is 15.8 Å². The SMILES string of the molecule is Nc1c(N)c2ccc3cccc4ccc(c1F)c2c34. The van der Waals surface area contributed by atoms with Crippen molar-refractivity contribution >= 4 is 43.7 Å². The molecule has 4 rings (SSSR count). The average Bonchev–Trinajstić information content (AvgIpc) is 2.45. The van der Waals surface area contributed by atoms with Crippen LogP contribution in [0.5, 0.6) is 0 Å². The van der Waals surface area contributed by atoms with Crippen molar-refractivity contribution in [2.75, 3.05) is 11.5 Å². The molecule has 0 aliphatic rings. The molecule has 0 saturated carbocycles. The number of nitrogen functional groups attached to an aromatic ring is 2. The Morgan fingerprint density at radius 2 is 1.32 bits per heavy atom. The van der Waals surface area contributed by atoms with E-state index in [2.05, 4.69) is 0 Å². The van der Waals surface area contributed by atoms with Crippen LogP contribution in [0.15, 0.2) is 42.5 Å². The highest BCUT2D eigenvalue weighted by atomic mass is 19.1. The van der Waals surface area contributed by atoms with E-state index in [1.54, 1.807) is 6.07 Å². The van der Waals surface area contributed by atoms with Gasteiger partial charge in [-0.15, -0.1) is 0 Å². The van der Waals surface area contributed by atoms with Crippen molar-refractivity contribution in [3.63, 3.8) is 0 Å². The predicted molar refractivity (Wildman–Crippen MR) is 78.9 cm³/mol. The Bertz CT molecular complexity index is 874. The molecule has 0 bridgehead atoms. The number of hydrogen-bond acceptors (Lipinski definition) is 2. The van der Waals surface area contributed by atoms with Gasteiger partial charge in [0.25, 0.3) is 0 Å². The summed E-state index contributed by atoms with van der Waals surface area (Å²) in [5, 5.41) is 5.42. The van der Waals surface area contributed by atoms with Gasteiger partial charge >= 0.3 is 0 Å². The van der Waals surface area contributed by atoms with Gasteiger partial charge in [0.05, 0.1) is 11.4 Å². The second-order valence-electron chi connectivity index (χ2n) is 4.82. The van der Waals surface area contributed by atoms with E-state index in [1.807, 2.05) is 36.4 Å². The minimum absolute atomic E-state index is 0.0332. The van der Waals surface area contributed by atoms with Crippen LogP contribution in [-0.4, -0.2) is 0 Å². The van der Waals surface area contributed by atoms with Crippen LogP contribution >= 0.6 is 0 Å². The third kappa shape index (κ3) is 1.14. The molecule has 2 nitrogen and oxygen atoms in total. The standard InChI is InChI=1S/C16H11FN2/c17-14-10-6-4-8-2-1-3-9-5-7-11(13(10)12(8)9)15(18)16(14)19/h1-7H,18-19H2. The summed E-state index contributed by atoms with van der Waals surface area (Å²) in [6.45, 7) is 0. The highest BCUT2D eigenvalue weighted by molar-refractivity contribution is 6.26. The van der Waals surface area contributed by atoms with Gasteiger partial charge < -0.3 is 11.5 Å². The van der Waals surface area contributed by atoms with Gasteiger partial charge in [-0.25, -0.2) is 4.39 Å². The molecule has 3 heteroatoms. The Hall–Kier alpha value is -2.55. The second-order valence-corrected chi connectivity index (χ2v) is 4.82. The third-order valence-corrected chi connectivity index (χ3v) is 3.83. The van der Waals surface area contributed by atoms with E-state index in [-0.39, 0.29) is 5.69 Å². The molecule has 4 aromatic rings. The molecule has 0 unspecified atom stereocenters. The van der Waals surface area contributed by atoms with Gasteiger partial charge in [-0.3, -0.25) is 0 Å². The lowest BCUT2D eigenvalue weighted by Gasteiger charge is -2.14. The fourth-order valence-corrected chi connectivity index (χ4v) is 2.90. The van der Waals surface area contributed by atoms with Crippen LogP contribution < -0.4 is 11.5 Å². The summed E-state index contributed by atoms with van der Waals surface area (Å²) in [4.78, 5) is 0. The van der Waals surface area contributed by atoms with Crippen molar-refractivity contribution in [2.24, 2.45) is 0 Å². The number of hydrogen-bond donors (Lipinski definition) is 2. The van der Waals surface area contributed by atoms with Crippen molar-refractivity contribution < 1.29 is 4.39 Å². The molecule has 0 radical (unpaired) electrons. The molecule has 0 aromatic heterocycles. The highest BCUT2D eigenvalue weighted by Crippen LogP contribution is 2.40. The lowest BCUT2D eigenvalue weighted by Crippen LogP contribution is -2.01. The van der Waals surface area contributed by atoms with Crippen LogP contribution in [0.3, 0.4) is 0 Å². The van der Waals surface area contributed by atoms with Crippen molar-refractivity contribution in [3.05, 3.63) is 48.3 Å². The minimum Gasteiger partial charge on any atom is -0.396 e. The highest BCUT2D eigenvalue weighted by Gasteiger charge is 2.16. The Balaban J connectivity index is 2.47. The molecular weight excluding hydrogens is 239 g/mol. The topological polar surface area (TPSA) is 52.0 Å². The molecule has 0 saturated heterocycles. The van der Waals surface area contributed by atoms with Crippen LogP contribution in [0, 0.1) is 5.82 Å². The molecule has 4 aromatic carbocycles. The Morgan fingerprint density at radius 3 is 2.00 bits per heavy atom. The number of benzene rings is 4. The van der Waals surface area contributed by atoms with Crippen molar-refractivity contribution in [3.8, 4) is 0 Å². The lowest BCUT2D eigenvalue weighted by molar-refractivity contribution is 0.645. The third-order valence-electron chi connectivity index (χ3n) is 3.83. The molecule has 19 heavy (non-hydrogen) atoms. The maximum atomic E-state index is 14.3. The summed E-state index contributed by atoms with van der Waals surface area (Å²) in [5.41, 5.74) is 12.1. The monoisotopic (exact) mass is 250 g/mol. The van der Waals surface area contributed by atoms with E-state index in [1.165, 1.54) is 0 Å². The molecule has 0 aliphatic carbocycles. The van der Waals surface area contributed by atoms with Crippen LogP contribution in [0.25, 0.3) is 32.3 Å². The smallest absolute Gasteiger partial charge is 0.156 e. The molecule has 0 spiro atoms. The number of halogens is 1. The first-order chi connectivity index (χ1) is 9.18. The number of nitrogens with two attached hydrogens (primary N) is 2. The van der Waals surface area contributed by atoms with E-state index < -0.39 is 5.82 Å². The van der Waals surface area contributed by atoms with E-state index in [4.69, 9.17) is 11.5 Å². The molecule has 92 valence electrons. The predicted octanol–water partition coefficient (Wildman–Crippen LogP) is 3.89. The molecule has 0 aliphatic heterocycles. The zero-order chi connectivity index (χ0) is 13.1. The van der Waals surface area contributed by atoms with E-state index in [0.717, 1.165) is 26.9 Å². The quantitative estimate of drug-likeness (QED) is 0.367. The molecule has 0 heterocycles. The molecule has 4 N–H and O–H groups in total. The van der Waals surface area contributed by atoms with Gasteiger partial charge in [-0.05, 0) is 16.2 Å². The van der Waals surface area contributed by atoms with Crippen molar-refractivity contribution in [1.29, 1.82) is 0 Å². The van der Waals surface area contributed by atoms with Gasteiger partial charge in [-0.2, -0.15) is 0 Å². The fourth-order valence-electron chi connectivity index (χ4n) is 2.90. The lowest BCUT2D eigenvalue weighted by atomic mass is 9.92. The van der Waals surface area contributed by atoms with E-state index in [0.29, 0.717) is 11.1 Å². The normalized spacial score (nSPS) is 11.8. The summed E-state index contributed by atoms with van der Waals surface area (Å²) in [7, 11) is 0. The molecule has 0 amide bonds. The van der Waals surface area contributed by atoms with E-state index in [9.17, 15) is 4.39 Å². The first-order valence-electron chi connectivity index (χ1n) is 6.08. The van der Waals surface area contributed by atoms with Gasteiger partial charge in [0.15, 0.2) is 5.82 Å². The fraction of sp³-hybridized carbons (Fsp3) is 0. The Morgan fingerprint density at radius 1 is 0.684 bits per heavy atom. The van der Waals surface area contributed by atoms with E-state index >= 15 is 0 Å². The van der Waals surface area contributed by atoms with Gasteiger partial charge in [0.2, 0.25) is 0 Å². The summed E-state index contributed by atoms with van der Waals surface area (Å²) >= 11 is 0. The first kappa shape index (κ1) is 10.4. The molecular formula is C16H11FN2. The Kier molecular flexibility index (Phi) is 1.78. The maximum absolute atomic E-state index is 14.3. The van der Waals surface area contributed by atoms with Crippen molar-refractivity contribution in [1.82, 2.24) is 0 Å². The molecule has 0 fully saturated rings. The van der Waals surface area contributed by atoms with Gasteiger partial charge in [0, 0.05) is 16.2 Å². The van der Waals surface area contributed by atoms with Gasteiger partial charge in [-0.1, -0.05) is 42.5 Å². The Labute approximate surface area is 108 Å². The van der Waals surface area contributed by atoms with Crippen LogP contribution in [0.2, 0.25) is 0 Å². The summed E-state index contributed by atoms with van der Waals surface area (Å²) < 4.78 is 14.3. The van der Waals surface area contributed by atoms with Crippen LogP contribution in [-0.2, 0) is 0 Å². The summed E-state index contributed by atoms with van der Waals surface area (Å²) in [5.74, 6) is -0.428. The van der Waals surface area contributed by atoms with Crippen molar-refractivity contribution in [2.45, 2.75) is 0 Å². The largest absolute Gasteiger partial charge is 0.396 e. The second kappa shape index (κ2) is 3.26. The van der Waals surface area contributed by atoms with Crippen LogP contribution in [0.1, 0.15) is 0 Å². The summed E-state index contributed by atoms with van der Waals surface area (Å²) in [6, 6.07) is 13.6.